The molecule has 0 amide bonds. The molecule has 0 saturated heterocycles. The average molecular weight is 833 g/mol. The van der Waals surface area contributed by atoms with Crippen molar-refractivity contribution in [3.63, 3.8) is 0 Å². The average Bonchev–Trinajstić information content (AvgIpc) is 3.63. The standard InChI is InChI=1S/C45H45ClN6O8/c1-27-32(26-60-42-15-41(59-25-31-11-30(16-47)18-48-19-31)33(12-39(42)46)20-50-22-35(54)14-45(57)58)5-3-6-36(27)37-7-4-8-38(28(37)2)40-24-52-23-29(9-10-43(52)51-40)17-49-21-34(53)13-44(55)56/h3-12,15,18-19,23-24,34-35,49-50,53-54H,13-14,17,20-22,25-26H2,1-2H3,(H,55,56)(H,57,58)/t34-,35-/m0/s1. The molecule has 0 aliphatic rings. The van der Waals surface area contributed by atoms with Crippen LogP contribution >= 0.6 is 11.6 Å². The van der Waals surface area contributed by atoms with E-state index in [1.165, 1.54) is 6.20 Å². The normalized spacial score (nSPS) is 12.2. The van der Waals surface area contributed by atoms with Gasteiger partial charge in [-0.05, 0) is 65.4 Å². The molecular formula is C45H45ClN6O8. The second-order valence-electron chi connectivity index (χ2n) is 14.4. The second kappa shape index (κ2) is 20.1. The first-order valence-corrected chi connectivity index (χ1v) is 19.6. The molecule has 0 aliphatic carbocycles. The summed E-state index contributed by atoms with van der Waals surface area (Å²) in [5, 5.41) is 53.6. The number of rotatable bonds is 20. The summed E-state index contributed by atoms with van der Waals surface area (Å²) in [6.45, 7) is 5.32. The van der Waals surface area contributed by atoms with Gasteiger partial charge in [-0.15, -0.1) is 0 Å². The van der Waals surface area contributed by atoms with E-state index >= 15 is 0 Å². The Labute approximate surface area is 351 Å². The molecule has 3 heterocycles. The predicted molar refractivity (Wildman–Crippen MR) is 225 cm³/mol. The van der Waals surface area contributed by atoms with E-state index in [1.54, 1.807) is 24.4 Å². The molecule has 14 nitrogen and oxygen atoms in total. The summed E-state index contributed by atoms with van der Waals surface area (Å²) in [6, 6.07) is 23.2. The number of aliphatic hydroxyl groups is 2. The van der Waals surface area contributed by atoms with E-state index in [0.29, 0.717) is 39.8 Å². The molecule has 6 rings (SSSR count). The number of carbonyl (C=O) groups is 2. The van der Waals surface area contributed by atoms with Crippen LogP contribution in [0.5, 0.6) is 11.5 Å². The summed E-state index contributed by atoms with van der Waals surface area (Å²) in [4.78, 5) is 30.9. The number of carboxylic acid groups (broad SMARTS) is 2. The molecule has 6 aromatic rings. The number of hydrogen-bond donors (Lipinski definition) is 6. The third-order valence-corrected chi connectivity index (χ3v) is 10.2. The highest BCUT2D eigenvalue weighted by atomic mass is 35.5. The van der Waals surface area contributed by atoms with Crippen LogP contribution in [0.25, 0.3) is 28.0 Å². The van der Waals surface area contributed by atoms with Gasteiger partial charge in [0, 0.05) is 73.7 Å². The van der Waals surface area contributed by atoms with Crippen LogP contribution in [0.4, 0.5) is 0 Å². The molecule has 0 saturated carbocycles. The maximum Gasteiger partial charge on any atom is 0.306 e. The molecule has 3 aromatic carbocycles. The van der Waals surface area contributed by atoms with Crippen molar-refractivity contribution in [3.8, 4) is 40.0 Å². The number of benzene rings is 3. The largest absolute Gasteiger partial charge is 0.488 e. The molecule has 0 bridgehead atoms. The molecule has 0 radical (unpaired) electrons. The first-order chi connectivity index (χ1) is 28.9. The number of hydrogen-bond acceptors (Lipinski definition) is 11. The van der Waals surface area contributed by atoms with E-state index in [-0.39, 0.29) is 39.3 Å². The van der Waals surface area contributed by atoms with Crippen molar-refractivity contribution >= 4 is 29.2 Å². The lowest BCUT2D eigenvalue weighted by Crippen LogP contribution is -2.28. The van der Waals surface area contributed by atoms with E-state index in [4.69, 9.17) is 36.3 Å². The maximum absolute atomic E-state index is 11.0. The van der Waals surface area contributed by atoms with Gasteiger partial charge >= 0.3 is 11.9 Å². The first kappa shape index (κ1) is 43.2. The summed E-state index contributed by atoms with van der Waals surface area (Å²) in [6.07, 6.45) is 4.26. The van der Waals surface area contributed by atoms with Crippen LogP contribution in [0.1, 0.15) is 51.8 Å². The molecule has 0 unspecified atom stereocenters. The fourth-order valence-corrected chi connectivity index (χ4v) is 7.06. The van der Waals surface area contributed by atoms with Gasteiger partial charge in [0.05, 0.1) is 41.3 Å². The fourth-order valence-electron chi connectivity index (χ4n) is 6.82. The van der Waals surface area contributed by atoms with Crippen molar-refractivity contribution in [3.05, 3.63) is 135 Å². The molecule has 2 atom stereocenters. The predicted octanol–water partition coefficient (Wildman–Crippen LogP) is 6.21. The van der Waals surface area contributed by atoms with Crippen molar-refractivity contribution in [2.45, 2.75) is 65.2 Å². The summed E-state index contributed by atoms with van der Waals surface area (Å²) in [5.74, 6) is -1.31. The van der Waals surface area contributed by atoms with E-state index < -0.39 is 30.6 Å². The highest BCUT2D eigenvalue weighted by Gasteiger charge is 2.18. The molecule has 3 aromatic heterocycles. The lowest BCUT2D eigenvalue weighted by Gasteiger charge is -2.18. The number of aliphatic carboxylic acids is 2. The van der Waals surface area contributed by atoms with Crippen LogP contribution in [-0.4, -0.2) is 72.0 Å². The van der Waals surface area contributed by atoms with Crippen LogP contribution in [0.2, 0.25) is 5.02 Å². The van der Waals surface area contributed by atoms with E-state index in [1.807, 2.05) is 60.1 Å². The highest BCUT2D eigenvalue weighted by molar-refractivity contribution is 6.32. The Morgan fingerprint density at radius 3 is 2.17 bits per heavy atom. The third kappa shape index (κ3) is 11.2. The van der Waals surface area contributed by atoms with Gasteiger partial charge in [0.15, 0.2) is 0 Å². The van der Waals surface area contributed by atoms with Gasteiger partial charge in [0.25, 0.3) is 0 Å². The van der Waals surface area contributed by atoms with E-state index in [2.05, 4.69) is 40.7 Å². The van der Waals surface area contributed by atoms with Crippen LogP contribution in [0.3, 0.4) is 0 Å². The Morgan fingerprint density at radius 2 is 1.45 bits per heavy atom. The quantitative estimate of drug-likeness (QED) is 0.0506. The lowest BCUT2D eigenvalue weighted by molar-refractivity contribution is -0.140. The topological polar surface area (TPSA) is 212 Å². The number of imidazole rings is 1. The Bertz CT molecular complexity index is 2540. The number of halogens is 1. The first-order valence-electron chi connectivity index (χ1n) is 19.2. The van der Waals surface area contributed by atoms with Gasteiger partial charge in [0.1, 0.15) is 36.4 Å². The Hall–Kier alpha value is -6.34. The van der Waals surface area contributed by atoms with Crippen LogP contribution in [0, 0.1) is 25.2 Å². The summed E-state index contributed by atoms with van der Waals surface area (Å²) < 4.78 is 14.5. The maximum atomic E-state index is 11.0. The molecule has 0 spiro atoms. The molecule has 310 valence electrons. The fraction of sp³-hybridized carbons (Fsp3) is 0.267. The number of fused-ring (bicyclic) bond motifs is 1. The number of ether oxygens (including phenoxy) is 2. The monoisotopic (exact) mass is 832 g/mol. The zero-order valence-electron chi connectivity index (χ0n) is 33.1. The number of nitrogens with zero attached hydrogens (tertiary/aromatic N) is 4. The van der Waals surface area contributed by atoms with Crippen molar-refractivity contribution < 1.29 is 39.5 Å². The van der Waals surface area contributed by atoms with Gasteiger partial charge in [-0.25, -0.2) is 4.98 Å². The van der Waals surface area contributed by atoms with E-state index in [9.17, 15) is 25.1 Å². The van der Waals surface area contributed by atoms with Gasteiger partial charge in [0.2, 0.25) is 0 Å². The van der Waals surface area contributed by atoms with E-state index in [0.717, 1.165) is 50.3 Å². The van der Waals surface area contributed by atoms with Gasteiger partial charge in [-0.3, -0.25) is 14.6 Å². The van der Waals surface area contributed by atoms with Gasteiger partial charge in [-0.1, -0.05) is 54.1 Å². The summed E-state index contributed by atoms with van der Waals surface area (Å²) in [5.41, 5.74) is 10.4. The molecule has 0 fully saturated rings. The lowest BCUT2D eigenvalue weighted by atomic mass is 9.91. The zero-order valence-corrected chi connectivity index (χ0v) is 33.8. The Morgan fingerprint density at radius 1 is 0.783 bits per heavy atom. The number of pyridine rings is 2. The minimum absolute atomic E-state index is 0.0401. The summed E-state index contributed by atoms with van der Waals surface area (Å²) in [7, 11) is 0. The van der Waals surface area contributed by atoms with Crippen molar-refractivity contribution in [2.75, 3.05) is 13.1 Å². The second-order valence-corrected chi connectivity index (χ2v) is 14.8. The smallest absolute Gasteiger partial charge is 0.306 e. The van der Waals surface area contributed by atoms with Gasteiger partial charge in [-0.2, -0.15) is 5.26 Å². The number of carboxylic acids is 2. The number of nitrogens with one attached hydrogen (secondary N) is 2. The molecule has 15 heteroatoms. The summed E-state index contributed by atoms with van der Waals surface area (Å²) >= 11 is 6.77. The Balaban J connectivity index is 1.19. The minimum Gasteiger partial charge on any atom is -0.488 e. The number of aliphatic hydroxyl groups excluding tert-OH is 2. The van der Waals surface area contributed by atoms with Gasteiger partial charge < -0.3 is 44.9 Å². The van der Waals surface area contributed by atoms with Crippen molar-refractivity contribution in [2.24, 2.45) is 0 Å². The molecule has 6 N–H and O–H groups in total. The van der Waals surface area contributed by atoms with Crippen molar-refractivity contribution in [1.29, 1.82) is 5.26 Å². The molecule has 60 heavy (non-hydrogen) atoms. The molecule has 0 aliphatic heterocycles. The number of aromatic nitrogens is 3. The number of nitriles is 1. The van der Waals surface area contributed by atoms with Crippen LogP contribution < -0.4 is 20.1 Å². The molecular weight excluding hydrogens is 788 g/mol. The van der Waals surface area contributed by atoms with Crippen LogP contribution in [0.15, 0.2) is 91.5 Å². The Kier molecular flexibility index (Phi) is 14.5. The van der Waals surface area contributed by atoms with Crippen LogP contribution in [-0.2, 0) is 35.9 Å². The SMILES string of the molecule is Cc1c(COc2cc(OCc3cncc(C#N)c3)c(CNC[C@@H](O)CC(=O)O)cc2Cl)cccc1-c1cccc(-c2cn3cc(CNC[C@@H](O)CC(=O)O)ccc3n2)c1C. The third-order valence-electron chi connectivity index (χ3n) is 9.90. The highest BCUT2D eigenvalue weighted by Crippen LogP contribution is 2.37. The van der Waals surface area contributed by atoms with Crippen molar-refractivity contribution in [1.82, 2.24) is 25.0 Å². The zero-order chi connectivity index (χ0) is 42.8. The minimum atomic E-state index is -1.10.